The maximum Gasteiger partial charge on any atom is 0.215 e. The first-order valence-electron chi connectivity index (χ1n) is 6.39. The molecule has 0 aliphatic rings. The highest BCUT2D eigenvalue weighted by Gasteiger charge is 2.26. The van der Waals surface area contributed by atoms with E-state index in [9.17, 15) is 10.1 Å². The van der Waals surface area contributed by atoms with Crippen molar-refractivity contribution in [1.29, 1.82) is 0 Å². The molecule has 3 aromatic rings. The summed E-state index contributed by atoms with van der Waals surface area (Å²) in [4.78, 5) is 15.2. The second kappa shape index (κ2) is 5.09. The third kappa shape index (κ3) is 2.20. The highest BCUT2D eigenvalue weighted by molar-refractivity contribution is 7.10. The molecule has 0 spiro atoms. The average Bonchev–Trinajstić information content (AvgIpc) is 3.02. The third-order valence-electron chi connectivity index (χ3n) is 3.51. The lowest BCUT2D eigenvalue weighted by Crippen LogP contribution is -2.13. The molecule has 0 bridgehead atoms. The number of aromatic nitrogens is 1. The Balaban J connectivity index is 2.18. The van der Waals surface area contributed by atoms with Crippen LogP contribution in [0.2, 0.25) is 0 Å². The van der Waals surface area contributed by atoms with Crippen molar-refractivity contribution in [2.75, 3.05) is 6.54 Å². The zero-order valence-corrected chi connectivity index (χ0v) is 11.8. The van der Waals surface area contributed by atoms with Crippen LogP contribution >= 0.6 is 11.3 Å². The first-order valence-corrected chi connectivity index (χ1v) is 7.27. The van der Waals surface area contributed by atoms with Crippen LogP contribution in [0, 0.1) is 17.0 Å². The Morgan fingerprint density at radius 1 is 1.30 bits per heavy atom. The van der Waals surface area contributed by atoms with Gasteiger partial charge in [-0.25, -0.2) is 0 Å². The van der Waals surface area contributed by atoms with E-state index in [4.69, 9.17) is 0 Å². The molecule has 1 aromatic carbocycles. The van der Waals surface area contributed by atoms with Crippen LogP contribution in [0.5, 0.6) is 0 Å². The fourth-order valence-corrected chi connectivity index (χ4v) is 3.54. The van der Waals surface area contributed by atoms with Gasteiger partial charge in [0, 0.05) is 26.4 Å². The standard InChI is InChI=1S/C15H14N2O2S/c1-10-15(11-5-2-3-6-13(11)16-10)12(9-17(18)19)14-7-4-8-20-14/h2-8,12,16H,9H2,1H3/t12-/m0/s1. The van der Waals surface area contributed by atoms with Gasteiger partial charge in [-0.2, -0.15) is 0 Å². The summed E-state index contributed by atoms with van der Waals surface area (Å²) in [5.41, 5.74) is 3.08. The van der Waals surface area contributed by atoms with Gasteiger partial charge >= 0.3 is 0 Å². The van der Waals surface area contributed by atoms with Gasteiger partial charge in [0.1, 0.15) is 0 Å². The number of fused-ring (bicyclic) bond motifs is 1. The molecule has 20 heavy (non-hydrogen) atoms. The van der Waals surface area contributed by atoms with Crippen LogP contribution in [0.3, 0.4) is 0 Å². The Bertz CT molecular complexity index is 746. The van der Waals surface area contributed by atoms with Crippen molar-refractivity contribution < 1.29 is 4.92 Å². The summed E-state index contributed by atoms with van der Waals surface area (Å²) in [6, 6.07) is 11.9. The molecule has 1 atom stereocenters. The molecule has 0 fully saturated rings. The van der Waals surface area contributed by atoms with Crippen LogP contribution in [0.15, 0.2) is 41.8 Å². The van der Waals surface area contributed by atoms with Gasteiger partial charge in [0.25, 0.3) is 0 Å². The van der Waals surface area contributed by atoms with Crippen LogP contribution in [0.1, 0.15) is 22.1 Å². The van der Waals surface area contributed by atoms with Gasteiger partial charge in [-0.1, -0.05) is 24.3 Å². The van der Waals surface area contributed by atoms with Gasteiger partial charge in [-0.3, -0.25) is 10.1 Å². The number of thiophene rings is 1. The highest BCUT2D eigenvalue weighted by atomic mass is 32.1. The number of hydrogen-bond acceptors (Lipinski definition) is 3. The monoisotopic (exact) mass is 286 g/mol. The van der Waals surface area contributed by atoms with E-state index < -0.39 is 0 Å². The molecule has 0 unspecified atom stereocenters. The number of nitro groups is 1. The first-order chi connectivity index (χ1) is 9.66. The summed E-state index contributed by atoms with van der Waals surface area (Å²) < 4.78 is 0. The molecule has 0 aliphatic carbocycles. The van der Waals surface area contributed by atoms with E-state index in [1.165, 1.54) is 0 Å². The molecule has 0 radical (unpaired) electrons. The molecule has 3 rings (SSSR count). The zero-order valence-electron chi connectivity index (χ0n) is 11.0. The Morgan fingerprint density at radius 3 is 2.80 bits per heavy atom. The summed E-state index contributed by atoms with van der Waals surface area (Å²) in [5, 5.41) is 14.1. The van der Waals surface area contributed by atoms with Gasteiger partial charge in [-0.05, 0) is 30.0 Å². The van der Waals surface area contributed by atoms with Crippen molar-refractivity contribution in [2.45, 2.75) is 12.8 Å². The predicted octanol–water partition coefficient (Wildman–Crippen LogP) is 3.95. The van der Waals surface area contributed by atoms with Crippen LogP contribution in [-0.2, 0) is 0 Å². The van der Waals surface area contributed by atoms with Gasteiger partial charge in [0.15, 0.2) is 0 Å². The lowest BCUT2D eigenvalue weighted by atomic mass is 9.94. The van der Waals surface area contributed by atoms with E-state index in [1.807, 2.05) is 48.7 Å². The average molecular weight is 286 g/mol. The molecule has 0 saturated heterocycles. The first kappa shape index (κ1) is 12.9. The maximum absolute atomic E-state index is 11.0. The van der Waals surface area contributed by atoms with Crippen molar-refractivity contribution in [2.24, 2.45) is 0 Å². The van der Waals surface area contributed by atoms with Crippen LogP contribution in [-0.4, -0.2) is 16.5 Å². The Hall–Kier alpha value is -2.14. The number of nitrogens with one attached hydrogen (secondary N) is 1. The van der Waals surface area contributed by atoms with E-state index >= 15 is 0 Å². The molecule has 4 nitrogen and oxygen atoms in total. The molecular weight excluding hydrogens is 272 g/mol. The van der Waals surface area contributed by atoms with Crippen LogP contribution in [0.25, 0.3) is 10.9 Å². The number of nitrogens with zero attached hydrogens (tertiary/aromatic N) is 1. The number of benzene rings is 1. The van der Waals surface area contributed by atoms with E-state index in [0.29, 0.717) is 0 Å². The third-order valence-corrected chi connectivity index (χ3v) is 4.50. The largest absolute Gasteiger partial charge is 0.358 e. The molecule has 0 amide bonds. The van der Waals surface area contributed by atoms with Crippen molar-refractivity contribution >= 4 is 22.2 Å². The number of hydrogen-bond donors (Lipinski definition) is 1. The molecule has 2 aromatic heterocycles. The van der Waals surface area contributed by atoms with Crippen molar-refractivity contribution in [1.82, 2.24) is 4.98 Å². The van der Waals surface area contributed by atoms with E-state index in [2.05, 4.69) is 4.98 Å². The maximum atomic E-state index is 11.0. The molecular formula is C15H14N2O2S. The summed E-state index contributed by atoms with van der Waals surface area (Å²) >= 11 is 1.57. The van der Waals surface area contributed by atoms with Gasteiger partial charge in [-0.15, -0.1) is 11.3 Å². The highest BCUT2D eigenvalue weighted by Crippen LogP contribution is 2.35. The molecule has 0 aliphatic heterocycles. The fourth-order valence-electron chi connectivity index (χ4n) is 2.71. The van der Waals surface area contributed by atoms with Crippen LogP contribution < -0.4 is 0 Å². The topological polar surface area (TPSA) is 58.9 Å². The number of aromatic amines is 1. The number of H-pyrrole nitrogens is 1. The quantitative estimate of drug-likeness (QED) is 0.583. The van der Waals surface area contributed by atoms with E-state index in [0.717, 1.165) is 27.0 Å². The van der Waals surface area contributed by atoms with Gasteiger partial charge in [0.05, 0.1) is 5.92 Å². The molecule has 2 heterocycles. The smallest absolute Gasteiger partial charge is 0.215 e. The molecule has 1 N–H and O–H groups in total. The Labute approximate surface area is 120 Å². The van der Waals surface area contributed by atoms with E-state index in [-0.39, 0.29) is 17.4 Å². The predicted molar refractivity (Wildman–Crippen MR) is 81.1 cm³/mol. The SMILES string of the molecule is Cc1[nH]c2ccccc2c1[C@@H](C[N+](=O)[O-])c1cccs1. The summed E-state index contributed by atoms with van der Waals surface area (Å²) in [6.45, 7) is 1.90. The lowest BCUT2D eigenvalue weighted by molar-refractivity contribution is -0.481. The second-order valence-corrected chi connectivity index (χ2v) is 5.77. The minimum atomic E-state index is -0.231. The summed E-state index contributed by atoms with van der Waals surface area (Å²) in [7, 11) is 0. The second-order valence-electron chi connectivity index (χ2n) is 4.79. The number of para-hydroxylation sites is 1. The molecule has 5 heteroatoms. The molecule has 102 valence electrons. The lowest BCUT2D eigenvalue weighted by Gasteiger charge is -2.12. The number of rotatable bonds is 4. The van der Waals surface area contributed by atoms with Crippen LogP contribution in [0.4, 0.5) is 0 Å². The number of aryl methyl sites for hydroxylation is 1. The fraction of sp³-hybridized carbons (Fsp3) is 0.200. The summed E-state index contributed by atoms with van der Waals surface area (Å²) in [6.07, 6.45) is 0. The normalized spacial score (nSPS) is 12.7. The van der Waals surface area contributed by atoms with Crippen molar-refractivity contribution in [3.63, 3.8) is 0 Å². The van der Waals surface area contributed by atoms with Gasteiger partial charge in [0.2, 0.25) is 6.54 Å². The van der Waals surface area contributed by atoms with Gasteiger partial charge < -0.3 is 4.98 Å². The summed E-state index contributed by atoms with van der Waals surface area (Å²) in [5.74, 6) is -0.193. The van der Waals surface area contributed by atoms with Crippen molar-refractivity contribution in [3.8, 4) is 0 Å². The Morgan fingerprint density at radius 2 is 2.10 bits per heavy atom. The van der Waals surface area contributed by atoms with Crippen molar-refractivity contribution in [3.05, 3.63) is 68.0 Å². The molecule has 0 saturated carbocycles. The Kier molecular flexibility index (Phi) is 3.28. The minimum absolute atomic E-state index is 0.0802. The van der Waals surface area contributed by atoms with E-state index in [1.54, 1.807) is 11.3 Å². The zero-order chi connectivity index (χ0) is 14.1. The minimum Gasteiger partial charge on any atom is -0.358 e.